The van der Waals surface area contributed by atoms with Crippen LogP contribution in [0.2, 0.25) is 0 Å². The van der Waals surface area contributed by atoms with Crippen molar-refractivity contribution in [2.45, 2.75) is 4.90 Å². The zero-order chi connectivity index (χ0) is 15.6. The van der Waals surface area contributed by atoms with Crippen molar-refractivity contribution >= 4 is 37.5 Å². The standard InChI is InChI=1S/C12H10BrN3O4S/c13-9-5-7(21(14,19)20)1-2-10(9)16-12(18)8-6-15-4-3-11(8)17/h1-6H,(H,15,17)(H,16,18)(H2,14,19,20). The molecule has 0 saturated carbocycles. The number of benzene rings is 1. The number of aromatic nitrogens is 1. The van der Waals surface area contributed by atoms with Gasteiger partial charge >= 0.3 is 0 Å². The van der Waals surface area contributed by atoms with Crippen LogP contribution in [0.1, 0.15) is 10.4 Å². The van der Waals surface area contributed by atoms with E-state index in [-0.39, 0.29) is 10.5 Å². The van der Waals surface area contributed by atoms with Gasteiger partial charge in [-0.15, -0.1) is 0 Å². The SMILES string of the molecule is NS(=O)(=O)c1ccc(NC(=O)c2c[nH]ccc2=O)c(Br)c1. The van der Waals surface area contributed by atoms with E-state index in [4.69, 9.17) is 5.14 Å². The highest BCUT2D eigenvalue weighted by Gasteiger charge is 2.14. The Morgan fingerprint density at radius 2 is 2.00 bits per heavy atom. The first-order valence-electron chi connectivity index (χ1n) is 5.60. The Morgan fingerprint density at radius 1 is 1.29 bits per heavy atom. The number of nitrogens with one attached hydrogen (secondary N) is 2. The summed E-state index contributed by atoms with van der Waals surface area (Å²) < 4.78 is 22.7. The average Bonchev–Trinajstić information content (AvgIpc) is 2.40. The number of halogens is 1. The molecule has 21 heavy (non-hydrogen) atoms. The highest BCUT2D eigenvalue weighted by atomic mass is 79.9. The van der Waals surface area contributed by atoms with Crippen LogP contribution < -0.4 is 15.9 Å². The summed E-state index contributed by atoms with van der Waals surface area (Å²) in [5.41, 5.74) is -0.167. The Bertz CT molecular complexity index is 861. The molecule has 0 aliphatic heterocycles. The van der Waals surface area contributed by atoms with Gasteiger partial charge in [0.05, 0.1) is 10.6 Å². The van der Waals surface area contributed by atoms with Crippen LogP contribution in [-0.2, 0) is 10.0 Å². The highest BCUT2D eigenvalue weighted by molar-refractivity contribution is 9.10. The van der Waals surface area contributed by atoms with Crippen LogP contribution in [0, 0.1) is 0 Å². The first-order valence-corrected chi connectivity index (χ1v) is 7.94. The summed E-state index contributed by atoms with van der Waals surface area (Å²) in [6.45, 7) is 0. The zero-order valence-corrected chi connectivity index (χ0v) is 12.9. The Morgan fingerprint density at radius 3 is 2.57 bits per heavy atom. The van der Waals surface area contributed by atoms with Gasteiger partial charge in [0.15, 0.2) is 5.43 Å². The maximum Gasteiger partial charge on any atom is 0.261 e. The number of primary sulfonamides is 1. The third kappa shape index (κ3) is 3.57. The van der Waals surface area contributed by atoms with E-state index in [1.165, 1.54) is 36.7 Å². The molecular formula is C12H10BrN3O4S. The monoisotopic (exact) mass is 371 g/mol. The van der Waals surface area contributed by atoms with Gasteiger partial charge in [-0.25, -0.2) is 13.6 Å². The minimum Gasteiger partial charge on any atom is -0.367 e. The third-order valence-electron chi connectivity index (χ3n) is 2.59. The number of nitrogens with two attached hydrogens (primary N) is 1. The van der Waals surface area contributed by atoms with Crippen molar-refractivity contribution in [3.63, 3.8) is 0 Å². The molecule has 1 heterocycles. The number of anilines is 1. The number of hydrogen-bond acceptors (Lipinski definition) is 4. The van der Waals surface area contributed by atoms with Crippen LogP contribution in [-0.4, -0.2) is 19.3 Å². The van der Waals surface area contributed by atoms with Crippen molar-refractivity contribution in [2.75, 3.05) is 5.32 Å². The molecule has 110 valence electrons. The van der Waals surface area contributed by atoms with Crippen LogP contribution in [0.5, 0.6) is 0 Å². The summed E-state index contributed by atoms with van der Waals surface area (Å²) in [6, 6.07) is 5.12. The minimum atomic E-state index is -3.83. The molecule has 0 bridgehead atoms. The zero-order valence-electron chi connectivity index (χ0n) is 10.5. The average molecular weight is 372 g/mol. The van der Waals surface area contributed by atoms with Gasteiger partial charge in [0, 0.05) is 22.9 Å². The first-order chi connectivity index (χ1) is 9.79. The Hall–Kier alpha value is -1.97. The predicted octanol–water partition coefficient (Wildman–Crippen LogP) is 1.04. The lowest BCUT2D eigenvalue weighted by Crippen LogP contribution is -2.21. The summed E-state index contributed by atoms with van der Waals surface area (Å²) in [7, 11) is -3.83. The number of sulfonamides is 1. The van der Waals surface area contributed by atoms with Gasteiger partial charge < -0.3 is 10.3 Å². The molecule has 7 nitrogen and oxygen atoms in total. The van der Waals surface area contributed by atoms with Crippen LogP contribution in [0.15, 0.2) is 50.8 Å². The van der Waals surface area contributed by atoms with E-state index >= 15 is 0 Å². The van der Waals surface area contributed by atoms with Crippen molar-refractivity contribution in [3.8, 4) is 0 Å². The Balaban J connectivity index is 2.31. The summed E-state index contributed by atoms with van der Waals surface area (Å²) in [5, 5.41) is 7.51. The summed E-state index contributed by atoms with van der Waals surface area (Å²) >= 11 is 3.14. The van der Waals surface area contributed by atoms with Gasteiger partial charge in [-0.2, -0.15) is 0 Å². The first kappa shape index (κ1) is 15.4. The molecule has 1 aromatic carbocycles. The summed E-state index contributed by atoms with van der Waals surface area (Å²) in [5.74, 6) is -0.610. The van der Waals surface area contributed by atoms with Gasteiger partial charge in [0.1, 0.15) is 5.56 Å². The van der Waals surface area contributed by atoms with E-state index in [9.17, 15) is 18.0 Å². The lowest BCUT2D eigenvalue weighted by atomic mass is 10.2. The molecule has 2 aromatic rings. The molecule has 1 amide bonds. The van der Waals surface area contributed by atoms with Crippen molar-refractivity contribution < 1.29 is 13.2 Å². The fourth-order valence-corrected chi connectivity index (χ4v) is 2.73. The van der Waals surface area contributed by atoms with Gasteiger partial charge in [-0.3, -0.25) is 9.59 Å². The molecule has 0 aliphatic rings. The van der Waals surface area contributed by atoms with E-state index in [2.05, 4.69) is 26.2 Å². The number of aromatic amines is 1. The van der Waals surface area contributed by atoms with Crippen LogP contribution in [0.4, 0.5) is 5.69 Å². The van der Waals surface area contributed by atoms with Gasteiger partial charge in [0.2, 0.25) is 10.0 Å². The number of amides is 1. The minimum absolute atomic E-state index is 0.0556. The van der Waals surface area contributed by atoms with E-state index in [1.54, 1.807) is 0 Å². The molecule has 0 atom stereocenters. The van der Waals surface area contributed by atoms with Crippen molar-refractivity contribution in [2.24, 2.45) is 5.14 Å². The highest BCUT2D eigenvalue weighted by Crippen LogP contribution is 2.25. The second-order valence-electron chi connectivity index (χ2n) is 4.06. The number of hydrogen-bond donors (Lipinski definition) is 3. The molecule has 0 saturated heterocycles. The molecular weight excluding hydrogens is 362 g/mol. The lowest BCUT2D eigenvalue weighted by molar-refractivity contribution is 0.102. The molecule has 0 radical (unpaired) electrons. The largest absolute Gasteiger partial charge is 0.367 e. The molecule has 0 spiro atoms. The Kier molecular flexibility index (Phi) is 4.26. The molecule has 0 fully saturated rings. The quantitative estimate of drug-likeness (QED) is 0.745. The third-order valence-corrected chi connectivity index (χ3v) is 4.15. The molecule has 2 rings (SSSR count). The maximum atomic E-state index is 12.0. The molecule has 0 aliphatic carbocycles. The van der Waals surface area contributed by atoms with Gasteiger partial charge in [-0.05, 0) is 34.1 Å². The van der Waals surface area contributed by atoms with Crippen molar-refractivity contribution in [1.82, 2.24) is 4.98 Å². The fraction of sp³-hybridized carbons (Fsp3) is 0. The van der Waals surface area contributed by atoms with Gasteiger partial charge in [0.25, 0.3) is 5.91 Å². The van der Waals surface area contributed by atoms with E-state index < -0.39 is 21.4 Å². The van der Waals surface area contributed by atoms with Gasteiger partial charge in [-0.1, -0.05) is 0 Å². The predicted molar refractivity (Wildman–Crippen MR) is 80.5 cm³/mol. The maximum absolute atomic E-state index is 12.0. The normalized spacial score (nSPS) is 11.1. The molecule has 0 unspecified atom stereocenters. The Labute approximate surface area is 128 Å². The van der Waals surface area contributed by atoms with E-state index in [0.717, 1.165) is 0 Å². The topological polar surface area (TPSA) is 122 Å². The number of pyridine rings is 1. The lowest BCUT2D eigenvalue weighted by Gasteiger charge is -2.08. The molecule has 4 N–H and O–H groups in total. The smallest absolute Gasteiger partial charge is 0.261 e. The fourth-order valence-electron chi connectivity index (χ4n) is 1.56. The number of carbonyl (C=O) groups is 1. The van der Waals surface area contributed by atoms with Crippen LogP contribution in [0.25, 0.3) is 0 Å². The number of rotatable bonds is 3. The molecule has 9 heteroatoms. The second-order valence-corrected chi connectivity index (χ2v) is 6.48. The van der Waals surface area contributed by atoms with Crippen molar-refractivity contribution in [3.05, 3.63) is 56.9 Å². The molecule has 1 aromatic heterocycles. The van der Waals surface area contributed by atoms with E-state index in [1.807, 2.05) is 0 Å². The number of carbonyl (C=O) groups excluding carboxylic acids is 1. The van der Waals surface area contributed by atoms with Crippen LogP contribution >= 0.6 is 15.9 Å². The number of H-pyrrole nitrogens is 1. The van der Waals surface area contributed by atoms with Crippen LogP contribution in [0.3, 0.4) is 0 Å². The van der Waals surface area contributed by atoms with E-state index in [0.29, 0.717) is 10.2 Å². The van der Waals surface area contributed by atoms with Crippen molar-refractivity contribution in [1.29, 1.82) is 0 Å². The summed E-state index contributed by atoms with van der Waals surface area (Å²) in [4.78, 5) is 26.1. The summed E-state index contributed by atoms with van der Waals surface area (Å²) in [6.07, 6.45) is 2.69. The second kappa shape index (κ2) is 5.80.